The number of aliphatic imine (C=N–C) groups is 1. The molecule has 0 saturated carbocycles. The fraction of sp³-hybridized carbons (Fsp3) is 0.293. The van der Waals surface area contributed by atoms with Gasteiger partial charge in [0.05, 0.1) is 5.75 Å². The maximum Gasteiger partial charge on any atom is 2.00 e. The average molecular weight is 812 g/mol. The fourth-order valence-corrected chi connectivity index (χ4v) is 7.75. The Balaban J connectivity index is 0.00000336. The molecule has 5 heterocycles. The minimum Gasteiger partial charge on any atom is -0.514 e. The second-order valence-corrected chi connectivity index (χ2v) is 14.9. The summed E-state index contributed by atoms with van der Waals surface area (Å²) < 4.78 is 15.2. The van der Waals surface area contributed by atoms with Gasteiger partial charge in [-0.1, -0.05) is 107 Å². The van der Waals surface area contributed by atoms with Gasteiger partial charge in [0.2, 0.25) is 0 Å². The molecule has 9 rings (SSSR count). The summed E-state index contributed by atoms with van der Waals surface area (Å²) in [7, 11) is 0. The molecular formula is C41H36N4O2Pt. The summed E-state index contributed by atoms with van der Waals surface area (Å²) >= 11 is 0. The largest absolute Gasteiger partial charge is 2.00 e. The molecule has 3 aromatic heterocycles. The van der Waals surface area contributed by atoms with E-state index in [1.807, 2.05) is 12.3 Å². The van der Waals surface area contributed by atoms with E-state index < -0.39 is 0 Å². The number of hydrogen-bond donors (Lipinski definition) is 0. The maximum atomic E-state index is 6.49. The van der Waals surface area contributed by atoms with Crippen molar-refractivity contribution in [2.75, 3.05) is 0 Å². The van der Waals surface area contributed by atoms with E-state index in [2.05, 4.69) is 113 Å². The Morgan fingerprint density at radius 2 is 1.81 bits per heavy atom. The molecule has 0 radical (unpaired) electrons. The van der Waals surface area contributed by atoms with Crippen LogP contribution in [0.5, 0.6) is 11.5 Å². The minimum absolute atomic E-state index is 0. The van der Waals surface area contributed by atoms with Crippen molar-refractivity contribution < 1.29 is 30.5 Å². The summed E-state index contributed by atoms with van der Waals surface area (Å²) in [6, 6.07) is 24.8. The Morgan fingerprint density at radius 3 is 2.62 bits per heavy atom. The third-order valence-corrected chi connectivity index (χ3v) is 10.3. The van der Waals surface area contributed by atoms with Crippen LogP contribution in [0.25, 0.3) is 27.6 Å². The first-order valence-corrected chi connectivity index (χ1v) is 16.4. The molecule has 0 unspecified atom stereocenters. The number of aromatic nitrogens is 3. The second kappa shape index (κ2) is 10.6. The number of hydrogen-bond acceptors (Lipinski definition) is 5. The first-order valence-electron chi connectivity index (χ1n) is 16.4. The van der Waals surface area contributed by atoms with Crippen LogP contribution in [0.15, 0.2) is 72.1 Å². The number of ether oxygens (including phenoxy) is 2. The maximum absolute atomic E-state index is 6.49. The van der Waals surface area contributed by atoms with Crippen molar-refractivity contribution in [3.63, 3.8) is 0 Å². The molecule has 6 aromatic rings. The van der Waals surface area contributed by atoms with Gasteiger partial charge in [0.1, 0.15) is 23.9 Å². The fourth-order valence-electron chi connectivity index (χ4n) is 7.75. The smallest absolute Gasteiger partial charge is 0.514 e. The molecule has 0 spiro atoms. The molecule has 3 aliphatic rings. The molecule has 242 valence electrons. The van der Waals surface area contributed by atoms with Gasteiger partial charge in [-0.15, -0.1) is 17.0 Å². The second-order valence-electron chi connectivity index (χ2n) is 14.9. The van der Waals surface area contributed by atoms with E-state index in [0.29, 0.717) is 23.0 Å². The van der Waals surface area contributed by atoms with Gasteiger partial charge in [0, 0.05) is 34.9 Å². The molecular weight excluding hydrogens is 776 g/mol. The van der Waals surface area contributed by atoms with Crippen molar-refractivity contribution in [3.8, 4) is 17.3 Å². The zero-order valence-electron chi connectivity index (χ0n) is 28.1. The summed E-state index contributed by atoms with van der Waals surface area (Å²) in [4.78, 5) is 14.4. The van der Waals surface area contributed by atoms with Gasteiger partial charge in [-0.2, -0.15) is 6.07 Å². The molecule has 0 amide bonds. The van der Waals surface area contributed by atoms with E-state index in [4.69, 9.17) is 19.5 Å². The van der Waals surface area contributed by atoms with Crippen LogP contribution in [0.3, 0.4) is 0 Å². The molecule has 0 saturated heterocycles. The summed E-state index contributed by atoms with van der Waals surface area (Å²) in [5.74, 6) is 2.62. The predicted octanol–water partition coefficient (Wildman–Crippen LogP) is 8.96. The Labute approximate surface area is 295 Å². The molecule has 2 aliphatic heterocycles. The molecule has 48 heavy (non-hydrogen) atoms. The van der Waals surface area contributed by atoms with Crippen LogP contribution in [0.4, 0.5) is 0 Å². The quantitative estimate of drug-likeness (QED) is 0.168. The van der Waals surface area contributed by atoms with Crippen LogP contribution in [0.1, 0.15) is 85.2 Å². The summed E-state index contributed by atoms with van der Waals surface area (Å²) in [6.07, 6.45) is 6.13. The van der Waals surface area contributed by atoms with Crippen LogP contribution in [0, 0.1) is 26.0 Å². The van der Waals surface area contributed by atoms with Crippen molar-refractivity contribution in [1.29, 1.82) is 0 Å². The summed E-state index contributed by atoms with van der Waals surface area (Å²) in [6.45, 7) is 15.5. The molecule has 1 aliphatic carbocycles. The topological polar surface area (TPSA) is 61.5 Å². The molecule has 2 atom stereocenters. The first-order chi connectivity index (χ1) is 22.5. The monoisotopic (exact) mass is 811 g/mol. The number of fused-ring (bicyclic) bond motifs is 8. The van der Waals surface area contributed by atoms with Crippen molar-refractivity contribution in [2.24, 2.45) is 4.99 Å². The predicted molar refractivity (Wildman–Crippen MR) is 185 cm³/mol. The van der Waals surface area contributed by atoms with Crippen molar-refractivity contribution in [1.82, 2.24) is 14.5 Å². The number of rotatable bonds is 3. The van der Waals surface area contributed by atoms with Crippen molar-refractivity contribution in [2.45, 2.75) is 77.9 Å². The number of nitrogens with zero attached hydrogens (tertiary/aromatic N) is 4. The third kappa shape index (κ3) is 4.52. The number of aryl methyl sites for hydroxylation is 2. The number of benzene rings is 3. The summed E-state index contributed by atoms with van der Waals surface area (Å²) in [5, 5.41) is 2.34. The Hall–Kier alpha value is -4.28. The van der Waals surface area contributed by atoms with Crippen LogP contribution in [-0.4, -0.2) is 26.5 Å². The molecule has 7 heteroatoms. The van der Waals surface area contributed by atoms with Gasteiger partial charge >= 0.3 is 21.1 Å². The van der Waals surface area contributed by atoms with Gasteiger partial charge in [-0.25, -0.2) is 4.98 Å². The molecule has 3 aromatic carbocycles. The van der Waals surface area contributed by atoms with Gasteiger partial charge < -0.3 is 19.0 Å². The van der Waals surface area contributed by atoms with Gasteiger partial charge in [-0.3, -0.25) is 4.99 Å². The Bertz CT molecular complexity index is 2350. The van der Waals surface area contributed by atoms with Crippen molar-refractivity contribution >= 4 is 27.7 Å². The molecule has 0 N–H and O–H groups in total. The average Bonchev–Trinajstić information content (AvgIpc) is 3.69. The normalized spacial score (nSPS) is 18.5. The van der Waals surface area contributed by atoms with E-state index >= 15 is 0 Å². The van der Waals surface area contributed by atoms with E-state index in [9.17, 15) is 0 Å². The van der Waals surface area contributed by atoms with Crippen LogP contribution in [-0.2, 0) is 43.1 Å². The Kier molecular flexibility index (Phi) is 6.85. The van der Waals surface area contributed by atoms with Crippen LogP contribution < -0.4 is 4.74 Å². The van der Waals surface area contributed by atoms with E-state index in [1.165, 1.54) is 44.3 Å². The Morgan fingerprint density at radius 1 is 0.979 bits per heavy atom. The number of pyridine rings is 2. The van der Waals surface area contributed by atoms with Gasteiger partial charge in [-0.05, 0) is 52.2 Å². The molecule has 0 fully saturated rings. The van der Waals surface area contributed by atoms with Crippen LogP contribution >= 0.6 is 0 Å². The molecule has 6 nitrogen and oxygen atoms in total. The first kappa shape index (κ1) is 31.0. The third-order valence-electron chi connectivity index (χ3n) is 10.3. The van der Waals surface area contributed by atoms with Gasteiger partial charge in [0.15, 0.2) is 0 Å². The summed E-state index contributed by atoms with van der Waals surface area (Å²) in [5.41, 5.74) is 11.4. The zero-order chi connectivity index (χ0) is 32.4. The SMILES string of the molecule is Cc1cc2c3c(c1)c1cc(C)c(Oc4[c-]c(C5=N[C@@H]6c7ccc(C(C)(C)C)cc7C[C@@H]6O5)cnc4)[c-]c1n3-c1ncccc1C2(C)C.[Pt+2]. The zero-order valence-corrected chi connectivity index (χ0v) is 30.4. The molecule has 0 bridgehead atoms. The minimum atomic E-state index is -0.186. The van der Waals surface area contributed by atoms with E-state index in [0.717, 1.165) is 28.7 Å². The standard InChI is InChI=1S/C41H36N4O2.Pt/c1-22-13-30-29-15-23(2)34(19-33(29)45-37(30)32(14-22)41(6,7)31-9-8-12-43-38(31)45)46-27-17-25(20-42-21-27)39-44-36-28-11-10-26(40(3,4)5)16-24(28)18-35(36)47-39;/h8-16,20-21,35-36H,18H2,1-7H3;/q-2;+2/t35-,36+;/m0./s1. The van der Waals surface area contributed by atoms with Gasteiger partial charge in [0.25, 0.3) is 0 Å². The van der Waals surface area contributed by atoms with Crippen molar-refractivity contribution in [3.05, 3.63) is 124 Å². The van der Waals surface area contributed by atoms with E-state index in [1.54, 1.807) is 12.4 Å². The van der Waals surface area contributed by atoms with E-state index in [-0.39, 0.29) is 44.0 Å². The van der Waals surface area contributed by atoms with Crippen LogP contribution in [0.2, 0.25) is 0 Å².